The standard InChI is InChI=1S/C22H25ClN4O/c1-4-21-20(14-25-27(21)19-11-7-10-18(23)12-19)22(28)24-13-16-8-5-6-9-17(16)15-26(2)3/h5-12,14H,4,13,15H2,1-3H3,(H,24,28). The van der Waals surface area contributed by atoms with Gasteiger partial charge in [0.05, 0.1) is 23.1 Å². The Kier molecular flexibility index (Phi) is 6.49. The number of nitrogens with zero attached hydrogens (tertiary/aromatic N) is 3. The first kappa shape index (κ1) is 20.1. The van der Waals surface area contributed by atoms with Gasteiger partial charge in [-0.05, 0) is 49.8 Å². The lowest BCUT2D eigenvalue weighted by atomic mass is 10.1. The highest BCUT2D eigenvalue weighted by Crippen LogP contribution is 2.19. The molecule has 2 aromatic carbocycles. The number of hydrogen-bond donors (Lipinski definition) is 1. The molecule has 0 aliphatic heterocycles. The molecule has 3 aromatic rings. The molecule has 0 radical (unpaired) electrons. The summed E-state index contributed by atoms with van der Waals surface area (Å²) >= 11 is 6.10. The fourth-order valence-corrected chi connectivity index (χ4v) is 3.41. The number of rotatable bonds is 7. The summed E-state index contributed by atoms with van der Waals surface area (Å²) in [6, 6.07) is 15.6. The largest absolute Gasteiger partial charge is 0.348 e. The number of carbonyl (C=O) groups excluding carboxylic acids is 1. The van der Waals surface area contributed by atoms with Gasteiger partial charge < -0.3 is 10.2 Å². The van der Waals surface area contributed by atoms with E-state index in [2.05, 4.69) is 27.4 Å². The number of nitrogens with one attached hydrogen (secondary N) is 1. The van der Waals surface area contributed by atoms with Gasteiger partial charge >= 0.3 is 0 Å². The molecule has 1 amide bonds. The van der Waals surface area contributed by atoms with Gasteiger partial charge in [-0.15, -0.1) is 0 Å². The summed E-state index contributed by atoms with van der Waals surface area (Å²) in [5.74, 6) is -0.121. The summed E-state index contributed by atoms with van der Waals surface area (Å²) in [4.78, 5) is 15.0. The molecule has 0 unspecified atom stereocenters. The molecule has 0 aliphatic rings. The molecule has 0 atom stereocenters. The Morgan fingerprint density at radius 3 is 2.57 bits per heavy atom. The third-order valence-corrected chi connectivity index (χ3v) is 4.78. The molecule has 0 saturated carbocycles. The van der Waals surface area contributed by atoms with Crippen LogP contribution in [-0.2, 0) is 19.5 Å². The summed E-state index contributed by atoms with van der Waals surface area (Å²) in [5, 5.41) is 8.10. The summed E-state index contributed by atoms with van der Waals surface area (Å²) in [7, 11) is 4.07. The first-order chi connectivity index (χ1) is 13.5. The monoisotopic (exact) mass is 396 g/mol. The molecule has 3 rings (SSSR count). The van der Waals surface area contributed by atoms with Crippen molar-refractivity contribution in [2.45, 2.75) is 26.4 Å². The fourth-order valence-electron chi connectivity index (χ4n) is 3.23. The van der Waals surface area contributed by atoms with E-state index in [9.17, 15) is 4.79 Å². The van der Waals surface area contributed by atoms with Gasteiger partial charge in [0.2, 0.25) is 0 Å². The normalized spacial score (nSPS) is 11.0. The smallest absolute Gasteiger partial charge is 0.255 e. The maximum Gasteiger partial charge on any atom is 0.255 e. The molecule has 0 fully saturated rings. The van der Waals surface area contributed by atoms with E-state index in [1.165, 1.54) is 5.56 Å². The minimum Gasteiger partial charge on any atom is -0.348 e. The molecule has 1 aromatic heterocycles. The highest BCUT2D eigenvalue weighted by atomic mass is 35.5. The summed E-state index contributed by atoms with van der Waals surface area (Å²) in [6.07, 6.45) is 2.31. The minimum atomic E-state index is -0.121. The fraction of sp³-hybridized carbons (Fsp3) is 0.273. The molecule has 1 N–H and O–H groups in total. The molecule has 146 valence electrons. The number of carbonyl (C=O) groups is 1. The maximum atomic E-state index is 12.8. The van der Waals surface area contributed by atoms with E-state index in [1.807, 2.05) is 57.4 Å². The first-order valence-electron chi connectivity index (χ1n) is 9.32. The van der Waals surface area contributed by atoms with E-state index in [4.69, 9.17) is 11.6 Å². The second-order valence-electron chi connectivity index (χ2n) is 6.94. The van der Waals surface area contributed by atoms with Crippen molar-refractivity contribution in [2.24, 2.45) is 0 Å². The van der Waals surface area contributed by atoms with Crippen molar-refractivity contribution < 1.29 is 4.79 Å². The Hall–Kier alpha value is -2.63. The van der Waals surface area contributed by atoms with Crippen LogP contribution in [-0.4, -0.2) is 34.7 Å². The van der Waals surface area contributed by atoms with Gasteiger partial charge in [-0.1, -0.05) is 48.9 Å². The van der Waals surface area contributed by atoms with E-state index in [0.717, 1.165) is 23.5 Å². The van der Waals surface area contributed by atoms with Crippen molar-refractivity contribution in [1.29, 1.82) is 0 Å². The Morgan fingerprint density at radius 2 is 1.89 bits per heavy atom. The van der Waals surface area contributed by atoms with Crippen LogP contribution in [0, 0.1) is 0 Å². The van der Waals surface area contributed by atoms with E-state index in [1.54, 1.807) is 10.9 Å². The predicted molar refractivity (Wildman–Crippen MR) is 113 cm³/mol. The van der Waals surface area contributed by atoms with Crippen LogP contribution in [0.5, 0.6) is 0 Å². The molecule has 6 heteroatoms. The lowest BCUT2D eigenvalue weighted by Crippen LogP contribution is -2.25. The second kappa shape index (κ2) is 9.04. The van der Waals surface area contributed by atoms with E-state index in [0.29, 0.717) is 23.6 Å². The SMILES string of the molecule is CCc1c(C(=O)NCc2ccccc2CN(C)C)cnn1-c1cccc(Cl)c1. The van der Waals surface area contributed by atoms with Crippen molar-refractivity contribution in [3.63, 3.8) is 0 Å². The zero-order chi connectivity index (χ0) is 20.1. The second-order valence-corrected chi connectivity index (χ2v) is 7.38. The molecule has 1 heterocycles. The quantitative estimate of drug-likeness (QED) is 0.654. The summed E-state index contributed by atoms with van der Waals surface area (Å²) in [6.45, 7) is 3.33. The van der Waals surface area contributed by atoms with Crippen LogP contribution in [0.15, 0.2) is 54.7 Å². The van der Waals surface area contributed by atoms with Gasteiger partial charge in [0.15, 0.2) is 0 Å². The van der Waals surface area contributed by atoms with Crippen molar-refractivity contribution in [3.05, 3.63) is 82.1 Å². The average Bonchev–Trinajstić information content (AvgIpc) is 3.11. The molecular weight excluding hydrogens is 372 g/mol. The van der Waals surface area contributed by atoms with Crippen molar-refractivity contribution in [2.75, 3.05) is 14.1 Å². The van der Waals surface area contributed by atoms with Crippen LogP contribution in [0.25, 0.3) is 5.69 Å². The zero-order valence-corrected chi connectivity index (χ0v) is 17.2. The molecule has 0 aliphatic carbocycles. The Bertz CT molecular complexity index is 965. The van der Waals surface area contributed by atoms with Gasteiger partial charge in [-0.3, -0.25) is 4.79 Å². The first-order valence-corrected chi connectivity index (χ1v) is 9.70. The summed E-state index contributed by atoms with van der Waals surface area (Å²) < 4.78 is 1.78. The van der Waals surface area contributed by atoms with Crippen LogP contribution in [0.2, 0.25) is 5.02 Å². The third-order valence-electron chi connectivity index (χ3n) is 4.55. The molecule has 28 heavy (non-hydrogen) atoms. The lowest BCUT2D eigenvalue weighted by Gasteiger charge is -2.15. The number of amides is 1. The van der Waals surface area contributed by atoms with Crippen LogP contribution in [0.3, 0.4) is 0 Å². The van der Waals surface area contributed by atoms with E-state index >= 15 is 0 Å². The Balaban J connectivity index is 1.79. The Labute approximate surface area is 170 Å². The molecule has 0 spiro atoms. The van der Waals surface area contributed by atoms with Crippen LogP contribution in [0.1, 0.15) is 34.1 Å². The molecule has 5 nitrogen and oxygen atoms in total. The van der Waals surface area contributed by atoms with Crippen LogP contribution in [0.4, 0.5) is 0 Å². The number of halogens is 1. The highest BCUT2D eigenvalue weighted by Gasteiger charge is 2.17. The maximum absolute atomic E-state index is 12.8. The van der Waals surface area contributed by atoms with Crippen molar-refractivity contribution >= 4 is 17.5 Å². The predicted octanol–water partition coefficient (Wildman–Crippen LogP) is 4.08. The number of hydrogen-bond acceptors (Lipinski definition) is 3. The minimum absolute atomic E-state index is 0.121. The van der Waals surface area contributed by atoms with Crippen LogP contribution >= 0.6 is 11.6 Å². The van der Waals surface area contributed by atoms with Gasteiger partial charge in [-0.25, -0.2) is 4.68 Å². The summed E-state index contributed by atoms with van der Waals surface area (Å²) in [5.41, 5.74) is 4.62. The van der Waals surface area contributed by atoms with Gasteiger partial charge in [0.1, 0.15) is 0 Å². The number of aromatic nitrogens is 2. The molecular formula is C22H25ClN4O. The topological polar surface area (TPSA) is 50.2 Å². The van der Waals surface area contributed by atoms with Crippen molar-refractivity contribution in [3.8, 4) is 5.69 Å². The van der Waals surface area contributed by atoms with E-state index < -0.39 is 0 Å². The van der Waals surface area contributed by atoms with Crippen molar-refractivity contribution in [1.82, 2.24) is 20.0 Å². The van der Waals surface area contributed by atoms with Gasteiger partial charge in [0, 0.05) is 18.1 Å². The van der Waals surface area contributed by atoms with E-state index in [-0.39, 0.29) is 5.91 Å². The van der Waals surface area contributed by atoms with Gasteiger partial charge in [0.25, 0.3) is 5.91 Å². The molecule has 0 bridgehead atoms. The Morgan fingerprint density at radius 1 is 1.14 bits per heavy atom. The molecule has 0 saturated heterocycles. The van der Waals surface area contributed by atoms with Crippen LogP contribution < -0.4 is 5.32 Å². The van der Waals surface area contributed by atoms with Gasteiger partial charge in [-0.2, -0.15) is 5.10 Å². The zero-order valence-electron chi connectivity index (χ0n) is 16.4. The number of benzene rings is 2. The third kappa shape index (κ3) is 4.61. The highest BCUT2D eigenvalue weighted by molar-refractivity contribution is 6.30. The average molecular weight is 397 g/mol. The lowest BCUT2D eigenvalue weighted by molar-refractivity contribution is 0.0950.